The number of nitrogens with zero attached hydrogens (tertiary/aromatic N) is 4. The van der Waals surface area contributed by atoms with Crippen LogP contribution in [0.3, 0.4) is 0 Å². The van der Waals surface area contributed by atoms with Gasteiger partial charge in [0.1, 0.15) is 5.69 Å². The van der Waals surface area contributed by atoms with Gasteiger partial charge in [0.15, 0.2) is 5.76 Å². The normalized spacial score (nSPS) is 22.2. The highest BCUT2D eigenvalue weighted by Crippen LogP contribution is 2.41. The second kappa shape index (κ2) is 7.40. The number of piperidine rings is 1. The zero-order valence-electron chi connectivity index (χ0n) is 16.0. The average molecular weight is 369 g/mol. The number of hydrogen-bond donors (Lipinski definition) is 1. The van der Waals surface area contributed by atoms with Crippen LogP contribution in [0.15, 0.2) is 35.1 Å². The molecule has 0 saturated carbocycles. The lowest BCUT2D eigenvalue weighted by molar-refractivity contribution is -0.135. The summed E-state index contributed by atoms with van der Waals surface area (Å²) >= 11 is 0. The van der Waals surface area contributed by atoms with Crippen LogP contribution in [0.1, 0.15) is 25.0 Å². The second-order valence-corrected chi connectivity index (χ2v) is 8.00. The summed E-state index contributed by atoms with van der Waals surface area (Å²) in [6, 6.07) is 5.64. The Balaban J connectivity index is 1.40. The second-order valence-electron chi connectivity index (χ2n) is 8.00. The molecule has 144 valence electrons. The summed E-state index contributed by atoms with van der Waals surface area (Å²) in [5.41, 5.74) is 1.94. The SMILES string of the molecule is CN(Cc1cc(-c2cccnc2)no1)C(=O)[C@H]1CC2(CCNCC2)CN1C. The molecule has 0 aromatic carbocycles. The average Bonchev–Trinajstić information content (AvgIpc) is 3.27. The van der Waals surface area contributed by atoms with E-state index in [1.165, 1.54) is 0 Å². The molecule has 2 aliphatic rings. The third kappa shape index (κ3) is 3.75. The minimum atomic E-state index is -0.0474. The largest absolute Gasteiger partial charge is 0.359 e. The van der Waals surface area contributed by atoms with Crippen molar-refractivity contribution in [3.63, 3.8) is 0 Å². The Bertz CT molecular complexity index is 785. The molecule has 0 aliphatic carbocycles. The maximum Gasteiger partial charge on any atom is 0.240 e. The molecule has 0 unspecified atom stereocenters. The first kappa shape index (κ1) is 18.1. The maximum absolute atomic E-state index is 13.1. The van der Waals surface area contributed by atoms with E-state index in [1.807, 2.05) is 25.2 Å². The van der Waals surface area contributed by atoms with Crippen molar-refractivity contribution in [2.75, 3.05) is 33.7 Å². The molecule has 0 radical (unpaired) electrons. The molecule has 7 nitrogen and oxygen atoms in total. The van der Waals surface area contributed by atoms with Crippen LogP contribution in [0.25, 0.3) is 11.3 Å². The van der Waals surface area contributed by atoms with Crippen LogP contribution in [-0.4, -0.2) is 65.6 Å². The molecule has 1 spiro atoms. The first-order chi connectivity index (χ1) is 13.1. The van der Waals surface area contributed by atoms with E-state index in [1.54, 1.807) is 17.3 Å². The van der Waals surface area contributed by atoms with Crippen LogP contribution in [0.5, 0.6) is 0 Å². The van der Waals surface area contributed by atoms with Gasteiger partial charge in [-0.3, -0.25) is 14.7 Å². The molecular weight excluding hydrogens is 342 g/mol. The summed E-state index contributed by atoms with van der Waals surface area (Å²) in [6.45, 7) is 3.54. The molecule has 1 atom stereocenters. The Morgan fingerprint density at radius 1 is 1.44 bits per heavy atom. The zero-order chi connectivity index (χ0) is 18.9. The van der Waals surface area contributed by atoms with Gasteiger partial charge in [-0.2, -0.15) is 0 Å². The van der Waals surface area contributed by atoms with Crippen LogP contribution in [0.4, 0.5) is 0 Å². The highest BCUT2D eigenvalue weighted by atomic mass is 16.5. The number of likely N-dealkylation sites (tertiary alicyclic amines) is 1. The lowest BCUT2D eigenvalue weighted by Gasteiger charge is -2.33. The lowest BCUT2D eigenvalue weighted by atomic mass is 9.77. The summed E-state index contributed by atoms with van der Waals surface area (Å²) in [5.74, 6) is 0.842. The molecule has 1 amide bonds. The number of rotatable bonds is 4. The van der Waals surface area contributed by atoms with Gasteiger partial charge in [-0.1, -0.05) is 5.16 Å². The fourth-order valence-corrected chi connectivity index (χ4v) is 4.47. The Hall–Kier alpha value is -2.25. The van der Waals surface area contributed by atoms with Crippen molar-refractivity contribution in [2.24, 2.45) is 5.41 Å². The third-order valence-corrected chi connectivity index (χ3v) is 5.98. The standard InChI is InChI=1S/C20H27N5O2/c1-24(13-16-10-17(23-27-16)15-4-3-7-22-12-15)19(26)18-11-20(14-25(18)2)5-8-21-9-6-20/h3-4,7,10,12,18,21H,5-6,8-9,11,13-14H2,1-2H3/t18-/m1/s1. The predicted octanol–water partition coefficient (Wildman–Crippen LogP) is 1.77. The van der Waals surface area contributed by atoms with Crippen LogP contribution in [-0.2, 0) is 11.3 Å². The van der Waals surface area contributed by atoms with Crippen molar-refractivity contribution in [1.82, 2.24) is 25.3 Å². The predicted molar refractivity (Wildman–Crippen MR) is 102 cm³/mol. The summed E-state index contributed by atoms with van der Waals surface area (Å²) in [6.07, 6.45) is 6.74. The number of carbonyl (C=O) groups is 1. The number of pyridine rings is 1. The Labute approximate surface area is 159 Å². The van der Waals surface area contributed by atoms with Crippen LogP contribution < -0.4 is 5.32 Å². The number of amides is 1. The molecule has 2 aromatic rings. The van der Waals surface area contributed by atoms with Crippen molar-refractivity contribution < 1.29 is 9.32 Å². The Morgan fingerprint density at radius 2 is 2.26 bits per heavy atom. The minimum absolute atomic E-state index is 0.0474. The van der Waals surface area contributed by atoms with Crippen molar-refractivity contribution >= 4 is 5.91 Å². The first-order valence-electron chi connectivity index (χ1n) is 9.58. The molecule has 27 heavy (non-hydrogen) atoms. The highest BCUT2D eigenvalue weighted by Gasteiger charge is 2.46. The molecule has 1 N–H and O–H groups in total. The van der Waals surface area contributed by atoms with E-state index < -0.39 is 0 Å². The molecule has 4 heterocycles. The maximum atomic E-state index is 13.1. The van der Waals surface area contributed by atoms with Gasteiger partial charge in [0.05, 0.1) is 12.6 Å². The van der Waals surface area contributed by atoms with E-state index in [-0.39, 0.29) is 11.9 Å². The van der Waals surface area contributed by atoms with Gasteiger partial charge in [0.25, 0.3) is 0 Å². The number of aromatic nitrogens is 2. The highest BCUT2D eigenvalue weighted by molar-refractivity contribution is 5.82. The van der Waals surface area contributed by atoms with Crippen LogP contribution in [0.2, 0.25) is 0 Å². The van der Waals surface area contributed by atoms with Crippen molar-refractivity contribution in [3.05, 3.63) is 36.4 Å². The summed E-state index contributed by atoms with van der Waals surface area (Å²) in [5, 5.41) is 7.54. The van der Waals surface area contributed by atoms with Gasteiger partial charge in [0, 0.05) is 37.6 Å². The fourth-order valence-electron chi connectivity index (χ4n) is 4.47. The zero-order valence-corrected chi connectivity index (χ0v) is 16.0. The van der Waals surface area contributed by atoms with Gasteiger partial charge in [-0.05, 0) is 56.9 Å². The summed E-state index contributed by atoms with van der Waals surface area (Å²) in [7, 11) is 3.91. The van der Waals surface area contributed by atoms with Crippen molar-refractivity contribution in [3.8, 4) is 11.3 Å². The smallest absolute Gasteiger partial charge is 0.240 e. The summed E-state index contributed by atoms with van der Waals surface area (Å²) in [4.78, 5) is 21.2. The van der Waals surface area contributed by atoms with E-state index in [0.29, 0.717) is 17.7 Å². The molecule has 2 saturated heterocycles. The van der Waals surface area contributed by atoms with E-state index in [2.05, 4.69) is 27.4 Å². The van der Waals surface area contributed by atoms with Gasteiger partial charge in [-0.25, -0.2) is 0 Å². The molecule has 4 rings (SSSR count). The number of nitrogens with one attached hydrogen (secondary N) is 1. The van der Waals surface area contributed by atoms with Gasteiger partial charge >= 0.3 is 0 Å². The molecule has 2 aliphatic heterocycles. The summed E-state index contributed by atoms with van der Waals surface area (Å²) < 4.78 is 5.45. The molecule has 0 bridgehead atoms. The number of likely N-dealkylation sites (N-methyl/N-ethyl adjacent to an activating group) is 2. The third-order valence-electron chi connectivity index (χ3n) is 5.98. The molecular formula is C20H27N5O2. The van der Waals surface area contributed by atoms with Gasteiger partial charge in [-0.15, -0.1) is 0 Å². The van der Waals surface area contributed by atoms with E-state index >= 15 is 0 Å². The van der Waals surface area contributed by atoms with Crippen molar-refractivity contribution in [2.45, 2.75) is 31.8 Å². The van der Waals surface area contributed by atoms with Gasteiger partial charge < -0.3 is 14.7 Å². The molecule has 2 fully saturated rings. The van der Waals surface area contributed by atoms with E-state index in [9.17, 15) is 4.79 Å². The first-order valence-corrected chi connectivity index (χ1v) is 9.58. The quantitative estimate of drug-likeness (QED) is 0.885. The van der Waals surface area contributed by atoms with Gasteiger partial charge in [0.2, 0.25) is 5.91 Å². The molecule has 7 heteroatoms. The fraction of sp³-hybridized carbons (Fsp3) is 0.550. The Kier molecular flexibility index (Phi) is 4.97. The monoisotopic (exact) mass is 369 g/mol. The van der Waals surface area contributed by atoms with E-state index in [4.69, 9.17) is 4.52 Å². The Morgan fingerprint density at radius 3 is 3.00 bits per heavy atom. The minimum Gasteiger partial charge on any atom is -0.359 e. The molecule has 2 aromatic heterocycles. The topological polar surface area (TPSA) is 74.5 Å². The number of hydrogen-bond acceptors (Lipinski definition) is 6. The van der Waals surface area contributed by atoms with Crippen LogP contribution in [0, 0.1) is 5.41 Å². The number of carbonyl (C=O) groups excluding carboxylic acids is 1. The van der Waals surface area contributed by atoms with Crippen molar-refractivity contribution in [1.29, 1.82) is 0 Å². The lowest BCUT2D eigenvalue weighted by Crippen LogP contribution is -2.42. The van der Waals surface area contributed by atoms with Crippen LogP contribution >= 0.6 is 0 Å². The van der Waals surface area contributed by atoms with E-state index in [0.717, 1.165) is 50.2 Å².